The Morgan fingerprint density at radius 1 is 1.41 bits per heavy atom. The Kier molecular flexibility index (Phi) is 5.42. The van der Waals surface area contributed by atoms with E-state index >= 15 is 0 Å². The molecule has 1 aliphatic carbocycles. The molecule has 3 nitrogen and oxygen atoms in total. The van der Waals surface area contributed by atoms with Crippen LogP contribution < -0.4 is 5.32 Å². The summed E-state index contributed by atoms with van der Waals surface area (Å²) in [7, 11) is 2.20. The standard InChI is InChI=1S/C14H30N2O/c1-6-15-11(2)14(3,4)10-16(5)9-12-7-13(17)8-12/h11-13,15,17H,6-10H2,1-5H3. The molecule has 0 spiro atoms. The maximum Gasteiger partial charge on any atom is 0.0546 e. The third-order valence-electron chi connectivity index (χ3n) is 4.14. The van der Waals surface area contributed by atoms with Crippen molar-refractivity contribution in [2.45, 2.75) is 52.7 Å². The Morgan fingerprint density at radius 3 is 2.47 bits per heavy atom. The third kappa shape index (κ3) is 4.57. The number of hydrogen-bond acceptors (Lipinski definition) is 3. The van der Waals surface area contributed by atoms with E-state index in [9.17, 15) is 5.11 Å². The number of nitrogens with zero attached hydrogens (tertiary/aromatic N) is 1. The van der Waals surface area contributed by atoms with E-state index in [0.29, 0.717) is 12.0 Å². The molecule has 0 radical (unpaired) electrons. The summed E-state index contributed by atoms with van der Waals surface area (Å²) >= 11 is 0. The van der Waals surface area contributed by atoms with E-state index in [0.717, 1.165) is 32.5 Å². The van der Waals surface area contributed by atoms with Crippen molar-refractivity contribution in [1.82, 2.24) is 10.2 Å². The summed E-state index contributed by atoms with van der Waals surface area (Å²) in [4.78, 5) is 2.42. The van der Waals surface area contributed by atoms with Crippen molar-refractivity contribution in [2.24, 2.45) is 11.3 Å². The van der Waals surface area contributed by atoms with Crippen LogP contribution in [-0.4, -0.2) is 48.8 Å². The number of rotatable bonds is 7. The van der Waals surface area contributed by atoms with Crippen LogP contribution in [0.1, 0.15) is 40.5 Å². The normalized spacial score (nSPS) is 27.0. The predicted molar refractivity (Wildman–Crippen MR) is 73.1 cm³/mol. The van der Waals surface area contributed by atoms with Gasteiger partial charge in [0, 0.05) is 19.1 Å². The lowest BCUT2D eigenvalue weighted by Crippen LogP contribution is -2.47. The van der Waals surface area contributed by atoms with Gasteiger partial charge in [-0.2, -0.15) is 0 Å². The topological polar surface area (TPSA) is 35.5 Å². The molecule has 0 bridgehead atoms. The van der Waals surface area contributed by atoms with E-state index in [1.54, 1.807) is 0 Å². The Morgan fingerprint density at radius 2 is 2.00 bits per heavy atom. The Hall–Kier alpha value is -0.120. The van der Waals surface area contributed by atoms with E-state index in [-0.39, 0.29) is 11.5 Å². The highest BCUT2D eigenvalue weighted by molar-refractivity contribution is 4.85. The first kappa shape index (κ1) is 14.9. The number of nitrogens with one attached hydrogen (secondary N) is 1. The molecule has 0 aromatic rings. The van der Waals surface area contributed by atoms with Crippen molar-refractivity contribution in [3.63, 3.8) is 0 Å². The van der Waals surface area contributed by atoms with Gasteiger partial charge in [-0.3, -0.25) is 0 Å². The van der Waals surface area contributed by atoms with Crippen molar-refractivity contribution in [3.05, 3.63) is 0 Å². The molecule has 1 fully saturated rings. The van der Waals surface area contributed by atoms with Crippen LogP contribution in [0.4, 0.5) is 0 Å². The minimum absolute atomic E-state index is 0.0258. The van der Waals surface area contributed by atoms with Crippen LogP contribution in [0, 0.1) is 11.3 Å². The molecule has 1 saturated carbocycles. The fourth-order valence-electron chi connectivity index (χ4n) is 2.77. The van der Waals surface area contributed by atoms with Gasteiger partial charge in [-0.05, 0) is 44.7 Å². The summed E-state index contributed by atoms with van der Waals surface area (Å²) < 4.78 is 0. The van der Waals surface area contributed by atoms with Crippen molar-refractivity contribution in [3.8, 4) is 0 Å². The van der Waals surface area contributed by atoms with Crippen LogP contribution in [0.2, 0.25) is 0 Å². The quantitative estimate of drug-likeness (QED) is 0.713. The highest BCUT2D eigenvalue weighted by Crippen LogP contribution is 2.29. The number of aliphatic hydroxyl groups excluding tert-OH is 1. The molecule has 1 unspecified atom stereocenters. The van der Waals surface area contributed by atoms with Gasteiger partial charge in [-0.1, -0.05) is 20.8 Å². The van der Waals surface area contributed by atoms with Gasteiger partial charge in [0.15, 0.2) is 0 Å². The Bertz CT molecular complexity index is 224. The molecular weight excluding hydrogens is 212 g/mol. The van der Waals surface area contributed by atoms with Crippen molar-refractivity contribution >= 4 is 0 Å². The Labute approximate surface area is 107 Å². The highest BCUT2D eigenvalue weighted by atomic mass is 16.3. The van der Waals surface area contributed by atoms with E-state index in [1.807, 2.05) is 0 Å². The van der Waals surface area contributed by atoms with Crippen molar-refractivity contribution in [1.29, 1.82) is 0 Å². The van der Waals surface area contributed by atoms with Gasteiger partial charge in [0.2, 0.25) is 0 Å². The molecule has 0 aliphatic heterocycles. The van der Waals surface area contributed by atoms with Gasteiger partial charge in [0.25, 0.3) is 0 Å². The zero-order chi connectivity index (χ0) is 13.1. The van der Waals surface area contributed by atoms with E-state index in [2.05, 4.69) is 45.0 Å². The van der Waals surface area contributed by atoms with Gasteiger partial charge in [0.05, 0.1) is 6.10 Å². The van der Waals surface area contributed by atoms with Crippen molar-refractivity contribution < 1.29 is 5.11 Å². The second-order valence-electron chi connectivity index (χ2n) is 6.46. The first-order valence-corrected chi connectivity index (χ1v) is 6.95. The lowest BCUT2D eigenvalue weighted by atomic mass is 9.81. The van der Waals surface area contributed by atoms with Gasteiger partial charge in [-0.15, -0.1) is 0 Å². The molecule has 3 heteroatoms. The molecule has 0 aromatic heterocycles. The molecule has 2 N–H and O–H groups in total. The van der Waals surface area contributed by atoms with Gasteiger partial charge >= 0.3 is 0 Å². The number of hydrogen-bond donors (Lipinski definition) is 2. The van der Waals surface area contributed by atoms with Gasteiger partial charge < -0.3 is 15.3 Å². The summed E-state index contributed by atoms with van der Waals surface area (Å²) in [6, 6.07) is 0.530. The van der Waals surface area contributed by atoms with E-state index < -0.39 is 0 Å². The molecule has 1 aliphatic rings. The molecule has 1 rings (SSSR count). The average molecular weight is 242 g/mol. The van der Waals surface area contributed by atoms with Gasteiger partial charge in [0.1, 0.15) is 0 Å². The lowest BCUT2D eigenvalue weighted by Gasteiger charge is -2.39. The minimum Gasteiger partial charge on any atom is -0.393 e. The first-order chi connectivity index (χ1) is 7.85. The lowest BCUT2D eigenvalue weighted by molar-refractivity contribution is 0.0217. The smallest absolute Gasteiger partial charge is 0.0546 e. The summed E-state index contributed by atoms with van der Waals surface area (Å²) in [5, 5.41) is 12.8. The average Bonchev–Trinajstić information content (AvgIpc) is 2.14. The summed E-state index contributed by atoms with van der Waals surface area (Å²) in [6.07, 6.45) is 1.96. The molecule has 102 valence electrons. The maximum absolute atomic E-state index is 9.29. The number of aliphatic hydroxyl groups is 1. The van der Waals surface area contributed by atoms with Crippen LogP contribution in [0.25, 0.3) is 0 Å². The van der Waals surface area contributed by atoms with Crippen LogP contribution in [0.3, 0.4) is 0 Å². The summed E-state index contributed by atoms with van der Waals surface area (Å²) in [5.74, 6) is 0.709. The van der Waals surface area contributed by atoms with Crippen LogP contribution >= 0.6 is 0 Å². The molecular formula is C14H30N2O. The molecule has 0 heterocycles. The van der Waals surface area contributed by atoms with E-state index in [4.69, 9.17) is 0 Å². The molecule has 0 amide bonds. The van der Waals surface area contributed by atoms with Gasteiger partial charge in [-0.25, -0.2) is 0 Å². The zero-order valence-corrected chi connectivity index (χ0v) is 12.2. The summed E-state index contributed by atoms with van der Waals surface area (Å²) in [5.41, 5.74) is 0.285. The minimum atomic E-state index is -0.0258. The second-order valence-corrected chi connectivity index (χ2v) is 6.46. The predicted octanol–water partition coefficient (Wildman–Crippen LogP) is 1.71. The summed E-state index contributed by atoms with van der Waals surface area (Å²) in [6.45, 7) is 12.3. The van der Waals surface area contributed by atoms with Crippen LogP contribution in [0.15, 0.2) is 0 Å². The second kappa shape index (κ2) is 6.17. The van der Waals surface area contributed by atoms with Crippen LogP contribution in [-0.2, 0) is 0 Å². The first-order valence-electron chi connectivity index (χ1n) is 6.95. The third-order valence-corrected chi connectivity index (χ3v) is 4.14. The van der Waals surface area contributed by atoms with Crippen molar-refractivity contribution in [2.75, 3.05) is 26.7 Å². The highest BCUT2D eigenvalue weighted by Gasteiger charge is 2.31. The molecule has 17 heavy (non-hydrogen) atoms. The fraction of sp³-hybridized carbons (Fsp3) is 1.00. The zero-order valence-electron chi connectivity index (χ0n) is 12.2. The molecule has 0 aromatic carbocycles. The SMILES string of the molecule is CCNC(C)C(C)(C)CN(C)CC1CC(O)C1. The monoisotopic (exact) mass is 242 g/mol. The Balaban J connectivity index is 2.30. The molecule has 0 saturated heterocycles. The van der Waals surface area contributed by atoms with E-state index in [1.165, 1.54) is 0 Å². The fourth-order valence-corrected chi connectivity index (χ4v) is 2.77. The maximum atomic E-state index is 9.29. The van der Waals surface area contributed by atoms with Crippen LogP contribution in [0.5, 0.6) is 0 Å². The largest absolute Gasteiger partial charge is 0.393 e. The molecule has 1 atom stereocenters.